The largest absolute Gasteiger partial charge is 0.398 e. The molecule has 2 aromatic carbocycles. The van der Waals surface area contributed by atoms with Crippen LogP contribution in [0.1, 0.15) is 23.1 Å². The molecular formula is C17H21FN2. The normalized spacial score (nSPS) is 10.6. The summed E-state index contributed by atoms with van der Waals surface area (Å²) in [5.74, 6) is -0.207. The quantitative estimate of drug-likeness (QED) is 0.636. The Morgan fingerprint density at radius 2 is 1.75 bits per heavy atom. The molecule has 0 saturated heterocycles. The summed E-state index contributed by atoms with van der Waals surface area (Å²) in [5.41, 5.74) is 11.5. The van der Waals surface area contributed by atoms with Crippen LogP contribution >= 0.6 is 0 Å². The molecule has 0 aliphatic heterocycles. The summed E-state index contributed by atoms with van der Waals surface area (Å²) in [4.78, 5) is 0. The minimum Gasteiger partial charge on any atom is -0.398 e. The molecule has 0 bridgehead atoms. The molecule has 0 fully saturated rings. The van der Waals surface area contributed by atoms with E-state index in [2.05, 4.69) is 24.4 Å². The summed E-state index contributed by atoms with van der Waals surface area (Å²) in [6.07, 6.45) is 2.01. The molecular weight excluding hydrogens is 251 g/mol. The molecule has 0 atom stereocenters. The molecule has 3 heteroatoms. The molecule has 0 amide bonds. The van der Waals surface area contributed by atoms with E-state index in [-0.39, 0.29) is 5.82 Å². The van der Waals surface area contributed by atoms with E-state index < -0.39 is 0 Å². The number of halogens is 1. The molecule has 0 unspecified atom stereocenters. The first-order valence-corrected chi connectivity index (χ1v) is 6.92. The van der Waals surface area contributed by atoms with E-state index in [9.17, 15) is 4.39 Å². The van der Waals surface area contributed by atoms with Crippen molar-refractivity contribution in [3.8, 4) is 0 Å². The van der Waals surface area contributed by atoms with E-state index >= 15 is 0 Å². The highest BCUT2D eigenvalue weighted by molar-refractivity contribution is 5.56. The van der Waals surface area contributed by atoms with Crippen LogP contribution in [0.15, 0.2) is 36.4 Å². The molecule has 0 radical (unpaired) electrons. The molecule has 3 N–H and O–H groups in total. The van der Waals surface area contributed by atoms with E-state index in [1.165, 1.54) is 23.3 Å². The highest BCUT2D eigenvalue weighted by Crippen LogP contribution is 2.21. The van der Waals surface area contributed by atoms with Gasteiger partial charge < -0.3 is 11.1 Å². The van der Waals surface area contributed by atoms with E-state index in [0.29, 0.717) is 0 Å². The molecule has 0 aliphatic rings. The van der Waals surface area contributed by atoms with Crippen LogP contribution in [-0.4, -0.2) is 6.54 Å². The summed E-state index contributed by atoms with van der Waals surface area (Å²) >= 11 is 0. The minimum absolute atomic E-state index is 0.207. The second-order valence-electron chi connectivity index (χ2n) is 5.12. The molecule has 0 saturated carbocycles. The van der Waals surface area contributed by atoms with Gasteiger partial charge in [0.2, 0.25) is 0 Å². The zero-order valence-corrected chi connectivity index (χ0v) is 12.0. The number of rotatable bonds is 5. The van der Waals surface area contributed by atoms with Gasteiger partial charge in [-0.3, -0.25) is 0 Å². The Kier molecular flexibility index (Phi) is 4.61. The zero-order chi connectivity index (χ0) is 14.5. The highest BCUT2D eigenvalue weighted by Gasteiger charge is 2.04. The average molecular weight is 272 g/mol. The van der Waals surface area contributed by atoms with Crippen molar-refractivity contribution in [2.75, 3.05) is 17.6 Å². The summed E-state index contributed by atoms with van der Waals surface area (Å²) in [5, 5.41) is 3.29. The SMILES string of the molecule is Cc1ccc(CCCNc2ccc(F)cc2)c(C)c1N. The monoisotopic (exact) mass is 272 g/mol. The van der Waals surface area contributed by atoms with Crippen LogP contribution < -0.4 is 11.1 Å². The van der Waals surface area contributed by atoms with Crippen molar-refractivity contribution in [3.05, 3.63) is 58.9 Å². The Balaban J connectivity index is 1.84. The lowest BCUT2D eigenvalue weighted by atomic mass is 9.99. The minimum atomic E-state index is -0.207. The molecule has 2 rings (SSSR count). The smallest absolute Gasteiger partial charge is 0.123 e. The van der Waals surface area contributed by atoms with E-state index in [1.54, 1.807) is 12.1 Å². The van der Waals surface area contributed by atoms with Crippen molar-refractivity contribution >= 4 is 11.4 Å². The molecule has 2 nitrogen and oxygen atoms in total. The predicted octanol–water partition coefficient (Wildman–Crippen LogP) is 4.07. The Hall–Kier alpha value is -2.03. The number of nitrogen functional groups attached to an aromatic ring is 1. The number of nitrogens with two attached hydrogens (primary N) is 1. The van der Waals surface area contributed by atoms with Gasteiger partial charge in [0.25, 0.3) is 0 Å². The highest BCUT2D eigenvalue weighted by atomic mass is 19.1. The fourth-order valence-electron chi connectivity index (χ4n) is 2.26. The second kappa shape index (κ2) is 6.42. The maximum absolute atomic E-state index is 12.8. The molecule has 0 aliphatic carbocycles. The molecule has 0 spiro atoms. The van der Waals surface area contributed by atoms with Crippen LogP contribution in [0.4, 0.5) is 15.8 Å². The first-order chi connectivity index (χ1) is 9.58. The van der Waals surface area contributed by atoms with Gasteiger partial charge in [0.1, 0.15) is 5.82 Å². The molecule has 0 heterocycles. The topological polar surface area (TPSA) is 38.0 Å². The molecule has 20 heavy (non-hydrogen) atoms. The van der Waals surface area contributed by atoms with Gasteiger partial charge in [-0.1, -0.05) is 12.1 Å². The Labute approximate surface area is 119 Å². The van der Waals surface area contributed by atoms with Gasteiger partial charge in [-0.15, -0.1) is 0 Å². The van der Waals surface area contributed by atoms with E-state index in [1.807, 2.05) is 6.92 Å². The van der Waals surface area contributed by atoms with Gasteiger partial charge in [0.05, 0.1) is 0 Å². The van der Waals surface area contributed by atoms with E-state index in [0.717, 1.165) is 36.3 Å². The maximum Gasteiger partial charge on any atom is 0.123 e. The van der Waals surface area contributed by atoms with Gasteiger partial charge in [-0.05, 0) is 67.6 Å². The van der Waals surface area contributed by atoms with Crippen LogP contribution in [0.2, 0.25) is 0 Å². The second-order valence-corrected chi connectivity index (χ2v) is 5.12. The Morgan fingerprint density at radius 3 is 2.45 bits per heavy atom. The van der Waals surface area contributed by atoms with Crippen LogP contribution in [0, 0.1) is 19.7 Å². The summed E-state index contributed by atoms with van der Waals surface area (Å²) in [7, 11) is 0. The van der Waals surface area contributed by atoms with Crippen molar-refractivity contribution in [2.45, 2.75) is 26.7 Å². The van der Waals surface area contributed by atoms with Crippen LogP contribution in [0.25, 0.3) is 0 Å². The summed E-state index contributed by atoms with van der Waals surface area (Å²) in [6, 6.07) is 10.7. The van der Waals surface area contributed by atoms with Crippen molar-refractivity contribution < 1.29 is 4.39 Å². The van der Waals surface area contributed by atoms with Crippen molar-refractivity contribution in [1.29, 1.82) is 0 Å². The molecule has 106 valence electrons. The third kappa shape index (κ3) is 3.50. The van der Waals surface area contributed by atoms with Crippen LogP contribution in [0.5, 0.6) is 0 Å². The first kappa shape index (κ1) is 14.4. The lowest BCUT2D eigenvalue weighted by molar-refractivity contribution is 0.628. The lowest BCUT2D eigenvalue weighted by Gasteiger charge is -2.11. The average Bonchev–Trinajstić information content (AvgIpc) is 2.45. The predicted molar refractivity (Wildman–Crippen MR) is 83.5 cm³/mol. The van der Waals surface area contributed by atoms with Crippen LogP contribution in [0.3, 0.4) is 0 Å². The standard InChI is InChI=1S/C17H21FN2/c1-12-5-6-14(13(2)17(12)19)4-3-11-20-16-9-7-15(18)8-10-16/h5-10,20H,3-4,11,19H2,1-2H3. The lowest BCUT2D eigenvalue weighted by Crippen LogP contribution is -2.05. The number of hydrogen-bond donors (Lipinski definition) is 2. The number of hydrogen-bond acceptors (Lipinski definition) is 2. The van der Waals surface area contributed by atoms with Crippen molar-refractivity contribution in [3.63, 3.8) is 0 Å². The van der Waals surface area contributed by atoms with Crippen molar-refractivity contribution in [2.24, 2.45) is 0 Å². The third-order valence-electron chi connectivity index (χ3n) is 3.64. The molecule has 0 aromatic heterocycles. The van der Waals surface area contributed by atoms with Crippen LogP contribution in [-0.2, 0) is 6.42 Å². The summed E-state index contributed by atoms with van der Waals surface area (Å²) < 4.78 is 12.8. The van der Waals surface area contributed by atoms with Gasteiger partial charge in [-0.2, -0.15) is 0 Å². The number of nitrogens with one attached hydrogen (secondary N) is 1. The zero-order valence-electron chi connectivity index (χ0n) is 12.0. The first-order valence-electron chi connectivity index (χ1n) is 6.92. The number of aryl methyl sites for hydroxylation is 2. The van der Waals surface area contributed by atoms with Gasteiger partial charge in [0.15, 0.2) is 0 Å². The maximum atomic E-state index is 12.8. The fraction of sp³-hybridized carbons (Fsp3) is 0.294. The number of anilines is 2. The van der Waals surface area contributed by atoms with Crippen molar-refractivity contribution in [1.82, 2.24) is 0 Å². The summed E-state index contributed by atoms with van der Waals surface area (Å²) in [6.45, 7) is 4.96. The Bertz CT molecular complexity index is 576. The molecule has 2 aromatic rings. The fourth-order valence-corrected chi connectivity index (χ4v) is 2.26. The van der Waals surface area contributed by atoms with Gasteiger partial charge >= 0.3 is 0 Å². The Morgan fingerprint density at radius 1 is 1.05 bits per heavy atom. The van der Waals surface area contributed by atoms with Gasteiger partial charge in [-0.25, -0.2) is 4.39 Å². The number of benzene rings is 2. The van der Waals surface area contributed by atoms with Gasteiger partial charge in [0, 0.05) is 17.9 Å². The third-order valence-corrected chi connectivity index (χ3v) is 3.64. The van der Waals surface area contributed by atoms with E-state index in [4.69, 9.17) is 5.73 Å².